The Balaban J connectivity index is 2.19. The molecule has 1 N–H and O–H groups in total. The second-order valence-electron chi connectivity index (χ2n) is 7.40. The van der Waals surface area contributed by atoms with E-state index in [4.69, 9.17) is 4.74 Å². The van der Waals surface area contributed by atoms with Crippen LogP contribution in [0.3, 0.4) is 0 Å². The maximum absolute atomic E-state index is 12.7. The number of pyridine rings is 2. The number of methoxy groups -OCH3 is 1. The summed E-state index contributed by atoms with van der Waals surface area (Å²) in [5.41, 5.74) is 4.35. The van der Waals surface area contributed by atoms with Crippen molar-refractivity contribution < 1.29 is 9.53 Å². The molecule has 0 aliphatic heterocycles. The van der Waals surface area contributed by atoms with Gasteiger partial charge in [0.1, 0.15) is 0 Å². The highest BCUT2D eigenvalue weighted by Crippen LogP contribution is 2.29. The van der Waals surface area contributed by atoms with Crippen molar-refractivity contribution in [1.29, 1.82) is 0 Å². The molecule has 0 amide bonds. The van der Waals surface area contributed by atoms with Crippen LogP contribution < -0.4 is 5.43 Å². The molecule has 5 nitrogen and oxygen atoms in total. The van der Waals surface area contributed by atoms with E-state index < -0.39 is 5.97 Å². The van der Waals surface area contributed by atoms with Crippen LogP contribution in [0.4, 0.5) is 0 Å². The number of nitrogens with one attached hydrogen (secondary N) is 1. The maximum Gasteiger partial charge on any atom is 0.357 e. The number of ether oxygens (including phenoxy) is 1. The first kappa shape index (κ1) is 17.9. The normalized spacial score (nSPS) is 11.6. The molecule has 0 saturated heterocycles. The van der Waals surface area contributed by atoms with E-state index in [1.165, 1.54) is 24.9 Å². The lowest BCUT2D eigenvalue weighted by molar-refractivity contribution is 0.0596. The summed E-state index contributed by atoms with van der Waals surface area (Å²) < 4.78 is 4.72. The Morgan fingerprint density at radius 1 is 1.15 bits per heavy atom. The van der Waals surface area contributed by atoms with Gasteiger partial charge < -0.3 is 9.72 Å². The van der Waals surface area contributed by atoms with Crippen LogP contribution in [0.1, 0.15) is 42.4 Å². The number of carbonyl (C=O) groups is 1. The van der Waals surface area contributed by atoms with E-state index in [2.05, 4.69) is 42.9 Å². The molecular formula is C21H22N2O3. The average molecular weight is 350 g/mol. The van der Waals surface area contributed by atoms with Gasteiger partial charge in [0.15, 0.2) is 11.1 Å². The van der Waals surface area contributed by atoms with Gasteiger partial charge in [0, 0.05) is 23.5 Å². The Morgan fingerprint density at radius 2 is 1.88 bits per heavy atom. The maximum atomic E-state index is 12.7. The van der Waals surface area contributed by atoms with Crippen LogP contribution in [0.2, 0.25) is 0 Å². The zero-order chi connectivity index (χ0) is 19.1. The molecule has 5 heteroatoms. The molecule has 2 heterocycles. The Hall–Kier alpha value is -2.95. The van der Waals surface area contributed by atoms with E-state index in [0.717, 1.165) is 11.1 Å². The van der Waals surface area contributed by atoms with Gasteiger partial charge in [0.25, 0.3) is 0 Å². The van der Waals surface area contributed by atoms with Crippen LogP contribution in [0.15, 0.2) is 41.3 Å². The summed E-state index contributed by atoms with van der Waals surface area (Å²) in [4.78, 5) is 31.8. The number of hydrogen-bond acceptors (Lipinski definition) is 4. The minimum atomic E-state index is -0.625. The fraction of sp³-hybridized carbons (Fsp3) is 0.286. The number of nitrogens with zero attached hydrogens (tertiary/aromatic N) is 1. The number of aromatic amines is 1. The van der Waals surface area contributed by atoms with Gasteiger partial charge in [-0.3, -0.25) is 4.79 Å². The van der Waals surface area contributed by atoms with Crippen molar-refractivity contribution >= 4 is 16.9 Å². The molecule has 0 aliphatic rings. The minimum Gasteiger partial charge on any atom is -0.464 e. The summed E-state index contributed by atoms with van der Waals surface area (Å²) in [6.07, 6.45) is 1.49. The highest BCUT2D eigenvalue weighted by atomic mass is 16.5. The molecule has 1 aromatic carbocycles. The fourth-order valence-electron chi connectivity index (χ4n) is 3.03. The molecule has 3 rings (SSSR count). The minimum absolute atomic E-state index is 0.0256. The first-order chi connectivity index (χ1) is 12.2. The van der Waals surface area contributed by atoms with Crippen molar-refractivity contribution in [2.45, 2.75) is 33.1 Å². The van der Waals surface area contributed by atoms with Gasteiger partial charge in [-0.2, -0.15) is 0 Å². The molecule has 0 radical (unpaired) electrons. The van der Waals surface area contributed by atoms with Crippen molar-refractivity contribution in [2.24, 2.45) is 0 Å². The number of H-pyrrole nitrogens is 1. The summed E-state index contributed by atoms with van der Waals surface area (Å²) in [5.74, 6) is -0.625. The first-order valence-corrected chi connectivity index (χ1v) is 8.44. The Labute approximate surface area is 152 Å². The molecule has 134 valence electrons. The molecule has 0 aliphatic carbocycles. The number of esters is 1. The van der Waals surface area contributed by atoms with Crippen molar-refractivity contribution in [3.05, 3.63) is 63.6 Å². The molecule has 0 fully saturated rings. The number of benzene rings is 1. The van der Waals surface area contributed by atoms with Crippen LogP contribution in [-0.4, -0.2) is 23.0 Å². The van der Waals surface area contributed by atoms with Crippen LogP contribution in [0, 0.1) is 6.92 Å². The largest absolute Gasteiger partial charge is 0.464 e. The zero-order valence-electron chi connectivity index (χ0n) is 15.6. The highest BCUT2D eigenvalue weighted by molar-refractivity contribution is 6.01. The second kappa shape index (κ2) is 6.41. The SMILES string of the molecule is COC(=O)c1nccc2[nH]c(-c3ccc(C(C)(C)C)cc3C)cc(=O)c12. The van der Waals surface area contributed by atoms with Gasteiger partial charge in [-0.15, -0.1) is 0 Å². The lowest BCUT2D eigenvalue weighted by atomic mass is 9.85. The summed E-state index contributed by atoms with van der Waals surface area (Å²) in [7, 11) is 1.27. The molecule has 2 aromatic heterocycles. The van der Waals surface area contributed by atoms with Crippen LogP contribution >= 0.6 is 0 Å². The van der Waals surface area contributed by atoms with Crippen molar-refractivity contribution in [2.75, 3.05) is 7.11 Å². The molecule has 26 heavy (non-hydrogen) atoms. The molecule has 0 atom stereocenters. The Bertz CT molecular complexity index is 1060. The molecule has 0 saturated carbocycles. The van der Waals surface area contributed by atoms with E-state index in [-0.39, 0.29) is 21.9 Å². The average Bonchev–Trinajstić information content (AvgIpc) is 2.59. The van der Waals surface area contributed by atoms with Crippen LogP contribution in [-0.2, 0) is 10.2 Å². The lowest BCUT2D eigenvalue weighted by Crippen LogP contribution is -2.13. The van der Waals surface area contributed by atoms with E-state index in [1.807, 2.05) is 13.0 Å². The third-order valence-electron chi connectivity index (χ3n) is 4.50. The van der Waals surface area contributed by atoms with Crippen molar-refractivity contribution in [1.82, 2.24) is 9.97 Å². The van der Waals surface area contributed by atoms with Crippen LogP contribution in [0.25, 0.3) is 22.2 Å². The molecule has 0 bridgehead atoms. The predicted molar refractivity (Wildman–Crippen MR) is 103 cm³/mol. The van der Waals surface area contributed by atoms with Gasteiger partial charge in [-0.1, -0.05) is 39.0 Å². The number of hydrogen-bond donors (Lipinski definition) is 1. The monoisotopic (exact) mass is 350 g/mol. The van der Waals surface area contributed by atoms with E-state index in [0.29, 0.717) is 11.2 Å². The van der Waals surface area contributed by atoms with Gasteiger partial charge >= 0.3 is 5.97 Å². The number of carbonyl (C=O) groups excluding carboxylic acids is 1. The highest BCUT2D eigenvalue weighted by Gasteiger charge is 2.18. The molecule has 0 spiro atoms. The Morgan fingerprint density at radius 3 is 2.50 bits per heavy atom. The third-order valence-corrected chi connectivity index (χ3v) is 4.50. The summed E-state index contributed by atoms with van der Waals surface area (Å²) >= 11 is 0. The molecular weight excluding hydrogens is 328 g/mol. The van der Waals surface area contributed by atoms with E-state index >= 15 is 0 Å². The fourth-order valence-corrected chi connectivity index (χ4v) is 3.03. The van der Waals surface area contributed by atoms with E-state index in [1.54, 1.807) is 6.07 Å². The number of rotatable bonds is 2. The summed E-state index contributed by atoms with van der Waals surface area (Å²) in [6.45, 7) is 8.53. The standard InChI is InChI=1S/C21H22N2O3/c1-12-10-13(21(2,3)4)6-7-14(12)16-11-17(24)18-15(23-16)8-9-22-19(18)20(25)26-5/h6-11H,1-5H3,(H,23,24). The van der Waals surface area contributed by atoms with Crippen molar-refractivity contribution in [3.63, 3.8) is 0 Å². The topological polar surface area (TPSA) is 72.0 Å². The summed E-state index contributed by atoms with van der Waals surface area (Å²) in [6, 6.07) is 9.44. The van der Waals surface area contributed by atoms with Gasteiger partial charge in [0.05, 0.1) is 18.0 Å². The Kier molecular flexibility index (Phi) is 4.40. The zero-order valence-corrected chi connectivity index (χ0v) is 15.6. The van der Waals surface area contributed by atoms with Crippen LogP contribution in [0.5, 0.6) is 0 Å². The molecule has 0 unspecified atom stereocenters. The number of aryl methyl sites for hydroxylation is 1. The quantitative estimate of drug-likeness (QED) is 0.710. The van der Waals surface area contributed by atoms with Gasteiger partial charge in [-0.05, 0) is 29.5 Å². The van der Waals surface area contributed by atoms with E-state index in [9.17, 15) is 9.59 Å². The van der Waals surface area contributed by atoms with Gasteiger partial charge in [0.2, 0.25) is 0 Å². The second-order valence-corrected chi connectivity index (χ2v) is 7.40. The third kappa shape index (κ3) is 3.12. The number of fused-ring (bicyclic) bond motifs is 1. The lowest BCUT2D eigenvalue weighted by Gasteiger charge is -2.20. The summed E-state index contributed by atoms with van der Waals surface area (Å²) in [5, 5.41) is 0.243. The smallest absolute Gasteiger partial charge is 0.357 e. The van der Waals surface area contributed by atoms with Crippen molar-refractivity contribution in [3.8, 4) is 11.3 Å². The number of aromatic nitrogens is 2. The predicted octanol–water partition coefficient (Wildman–Crippen LogP) is 3.98. The van der Waals surface area contributed by atoms with Gasteiger partial charge in [-0.25, -0.2) is 9.78 Å². The first-order valence-electron chi connectivity index (χ1n) is 8.44. The molecule has 3 aromatic rings.